The molecule has 1 N–H and O–H groups in total. The molecule has 0 saturated heterocycles. The van der Waals surface area contributed by atoms with E-state index in [-0.39, 0.29) is 5.03 Å². The molecule has 0 atom stereocenters. The summed E-state index contributed by atoms with van der Waals surface area (Å²) in [6.45, 7) is 0.487. The second-order valence-corrected chi connectivity index (χ2v) is 5.71. The Morgan fingerprint density at radius 3 is 2.82 bits per heavy atom. The van der Waals surface area contributed by atoms with Crippen molar-refractivity contribution in [2.75, 3.05) is 10.8 Å². The minimum absolute atomic E-state index is 0.134. The summed E-state index contributed by atoms with van der Waals surface area (Å²) in [5.74, 6) is 0. The van der Waals surface area contributed by atoms with Crippen LogP contribution in [-0.4, -0.2) is 25.2 Å². The van der Waals surface area contributed by atoms with Gasteiger partial charge in [-0.05, 0) is 24.1 Å². The summed E-state index contributed by atoms with van der Waals surface area (Å²) in [6, 6.07) is 9.02. The lowest BCUT2D eigenvalue weighted by Crippen LogP contribution is -2.29. The fourth-order valence-corrected chi connectivity index (χ4v) is 3.47. The zero-order chi connectivity index (χ0) is 11.9. The second kappa shape index (κ2) is 3.59. The van der Waals surface area contributed by atoms with Crippen LogP contribution in [0.25, 0.3) is 0 Å². The molecule has 2 aromatic rings. The van der Waals surface area contributed by atoms with Crippen LogP contribution in [0.4, 0.5) is 5.69 Å². The number of rotatable bonds is 2. The molecule has 0 fully saturated rings. The number of fused-ring (bicyclic) bond motifs is 1. The summed E-state index contributed by atoms with van der Waals surface area (Å²) in [4.78, 5) is 0. The molecule has 6 heteroatoms. The first kappa shape index (κ1) is 10.3. The van der Waals surface area contributed by atoms with Crippen molar-refractivity contribution in [1.82, 2.24) is 10.2 Å². The zero-order valence-electron chi connectivity index (χ0n) is 9.00. The molecule has 1 aliphatic rings. The average molecular weight is 249 g/mol. The van der Waals surface area contributed by atoms with Gasteiger partial charge in [0.2, 0.25) is 0 Å². The number of anilines is 1. The van der Waals surface area contributed by atoms with Gasteiger partial charge in [0.1, 0.15) is 0 Å². The lowest BCUT2D eigenvalue weighted by atomic mass is 10.2. The van der Waals surface area contributed by atoms with Crippen LogP contribution in [0.3, 0.4) is 0 Å². The van der Waals surface area contributed by atoms with Crippen LogP contribution in [0, 0.1) is 0 Å². The van der Waals surface area contributed by atoms with E-state index in [0.717, 1.165) is 17.7 Å². The van der Waals surface area contributed by atoms with Crippen LogP contribution in [0.5, 0.6) is 0 Å². The molecule has 5 nitrogen and oxygen atoms in total. The van der Waals surface area contributed by atoms with Gasteiger partial charge in [0, 0.05) is 6.54 Å². The highest BCUT2D eigenvalue weighted by Gasteiger charge is 2.31. The minimum atomic E-state index is -3.49. The van der Waals surface area contributed by atoms with Crippen molar-refractivity contribution in [3.8, 4) is 0 Å². The third-order valence-corrected chi connectivity index (χ3v) is 4.63. The van der Waals surface area contributed by atoms with Gasteiger partial charge in [0.15, 0.2) is 5.03 Å². The molecule has 1 aromatic carbocycles. The van der Waals surface area contributed by atoms with Crippen molar-refractivity contribution in [1.29, 1.82) is 0 Å². The number of para-hydroxylation sites is 1. The van der Waals surface area contributed by atoms with E-state index in [4.69, 9.17) is 0 Å². The molecular weight excluding hydrogens is 238 g/mol. The molecule has 1 aliphatic heterocycles. The first-order valence-corrected chi connectivity index (χ1v) is 6.73. The van der Waals surface area contributed by atoms with E-state index < -0.39 is 10.0 Å². The van der Waals surface area contributed by atoms with E-state index in [1.165, 1.54) is 16.6 Å². The highest BCUT2D eigenvalue weighted by atomic mass is 32.2. The summed E-state index contributed by atoms with van der Waals surface area (Å²) in [7, 11) is -3.49. The van der Waals surface area contributed by atoms with Gasteiger partial charge in [-0.1, -0.05) is 18.2 Å². The van der Waals surface area contributed by atoms with Crippen LogP contribution in [0.1, 0.15) is 5.56 Å². The Kier molecular flexibility index (Phi) is 2.19. The third kappa shape index (κ3) is 1.52. The molecule has 0 aliphatic carbocycles. The predicted octanol–water partition coefficient (Wildman–Crippen LogP) is 1.16. The fourth-order valence-electron chi connectivity index (χ4n) is 2.06. The zero-order valence-corrected chi connectivity index (χ0v) is 9.81. The first-order valence-electron chi connectivity index (χ1n) is 5.29. The Labute approximate surface area is 99.1 Å². The number of benzene rings is 1. The summed E-state index contributed by atoms with van der Waals surface area (Å²) >= 11 is 0. The molecule has 0 saturated carbocycles. The molecular formula is C11H11N3O2S. The van der Waals surface area contributed by atoms with Gasteiger partial charge < -0.3 is 0 Å². The summed E-state index contributed by atoms with van der Waals surface area (Å²) in [5.41, 5.74) is 1.83. The van der Waals surface area contributed by atoms with Gasteiger partial charge in [0.25, 0.3) is 10.0 Å². The number of nitrogens with one attached hydrogen (secondary N) is 1. The maximum atomic E-state index is 12.3. The van der Waals surface area contributed by atoms with Crippen molar-refractivity contribution in [2.24, 2.45) is 0 Å². The number of H-pyrrole nitrogens is 1. The van der Waals surface area contributed by atoms with E-state index in [1.807, 2.05) is 24.3 Å². The van der Waals surface area contributed by atoms with Crippen molar-refractivity contribution >= 4 is 15.7 Å². The van der Waals surface area contributed by atoms with Crippen LogP contribution in [-0.2, 0) is 16.4 Å². The molecule has 0 unspecified atom stereocenters. The number of aromatic amines is 1. The van der Waals surface area contributed by atoms with E-state index in [2.05, 4.69) is 10.2 Å². The van der Waals surface area contributed by atoms with Crippen molar-refractivity contribution in [3.63, 3.8) is 0 Å². The van der Waals surface area contributed by atoms with Crippen LogP contribution in [0.2, 0.25) is 0 Å². The Hall–Kier alpha value is -1.82. The fraction of sp³-hybridized carbons (Fsp3) is 0.182. The molecule has 0 amide bonds. The van der Waals surface area contributed by atoms with E-state index in [9.17, 15) is 8.42 Å². The number of hydrogen-bond acceptors (Lipinski definition) is 3. The van der Waals surface area contributed by atoms with Gasteiger partial charge >= 0.3 is 0 Å². The Morgan fingerprint density at radius 1 is 1.24 bits per heavy atom. The maximum Gasteiger partial charge on any atom is 0.281 e. The normalized spacial score (nSPS) is 14.9. The van der Waals surface area contributed by atoms with Crippen LogP contribution < -0.4 is 4.31 Å². The largest absolute Gasteiger partial charge is 0.281 e. The molecule has 1 aromatic heterocycles. The molecule has 88 valence electrons. The highest BCUT2D eigenvalue weighted by molar-refractivity contribution is 7.92. The number of nitrogens with zero attached hydrogens (tertiary/aromatic N) is 2. The Morgan fingerprint density at radius 2 is 2.06 bits per heavy atom. The topological polar surface area (TPSA) is 66.1 Å². The standard InChI is InChI=1S/C11H11N3O2S/c15-17(16,11-5-7-12-13-11)14-8-6-9-3-1-2-4-10(9)14/h1-5,7H,6,8H2,(H,12,13). The molecule has 0 bridgehead atoms. The number of hydrogen-bond donors (Lipinski definition) is 1. The first-order chi connectivity index (χ1) is 8.19. The van der Waals surface area contributed by atoms with E-state index in [1.54, 1.807) is 0 Å². The van der Waals surface area contributed by atoms with Crippen LogP contribution >= 0.6 is 0 Å². The number of sulfonamides is 1. The van der Waals surface area contributed by atoms with Crippen LogP contribution in [0.15, 0.2) is 41.6 Å². The smallest absolute Gasteiger partial charge is 0.266 e. The third-order valence-electron chi connectivity index (χ3n) is 2.89. The summed E-state index contributed by atoms with van der Waals surface area (Å²) in [6.07, 6.45) is 2.19. The Balaban J connectivity index is 2.09. The lowest BCUT2D eigenvalue weighted by Gasteiger charge is -2.17. The number of aromatic nitrogens is 2. The second-order valence-electron chi connectivity index (χ2n) is 3.88. The minimum Gasteiger partial charge on any atom is -0.266 e. The Bertz CT molecular complexity index is 634. The average Bonchev–Trinajstić information content (AvgIpc) is 2.99. The van der Waals surface area contributed by atoms with Crippen molar-refractivity contribution < 1.29 is 8.42 Å². The lowest BCUT2D eigenvalue weighted by molar-refractivity contribution is 0.588. The molecule has 17 heavy (non-hydrogen) atoms. The summed E-state index contributed by atoms with van der Waals surface area (Å²) < 4.78 is 26.1. The van der Waals surface area contributed by atoms with Gasteiger partial charge in [-0.25, -0.2) is 0 Å². The van der Waals surface area contributed by atoms with E-state index in [0.29, 0.717) is 6.54 Å². The van der Waals surface area contributed by atoms with Crippen molar-refractivity contribution in [2.45, 2.75) is 11.4 Å². The van der Waals surface area contributed by atoms with E-state index >= 15 is 0 Å². The molecule has 3 rings (SSSR count). The predicted molar refractivity (Wildman–Crippen MR) is 63.3 cm³/mol. The monoisotopic (exact) mass is 249 g/mol. The van der Waals surface area contributed by atoms with Crippen molar-refractivity contribution in [3.05, 3.63) is 42.1 Å². The van der Waals surface area contributed by atoms with Gasteiger partial charge in [-0.2, -0.15) is 13.5 Å². The maximum absolute atomic E-state index is 12.3. The molecule has 0 radical (unpaired) electrons. The highest BCUT2D eigenvalue weighted by Crippen LogP contribution is 2.31. The quantitative estimate of drug-likeness (QED) is 0.868. The van der Waals surface area contributed by atoms with Gasteiger partial charge in [0.05, 0.1) is 11.9 Å². The molecule has 2 heterocycles. The van der Waals surface area contributed by atoms with Gasteiger partial charge in [-0.15, -0.1) is 0 Å². The summed E-state index contributed by atoms with van der Waals surface area (Å²) in [5, 5.41) is 6.32. The molecule has 0 spiro atoms. The SMILES string of the molecule is O=S(=O)(c1ccn[nH]1)N1CCc2ccccc21. The van der Waals surface area contributed by atoms with Gasteiger partial charge in [-0.3, -0.25) is 9.40 Å².